The summed E-state index contributed by atoms with van der Waals surface area (Å²) < 4.78 is 2.11. The Morgan fingerprint density at radius 2 is 1.93 bits per heavy atom. The Labute approximate surface area is 195 Å². The number of carboxylic acids is 2. The summed E-state index contributed by atoms with van der Waals surface area (Å²) >= 11 is 5.24. The summed E-state index contributed by atoms with van der Waals surface area (Å²) in [5, 5.41) is 24.3. The normalized spacial score (nSPS) is 10.5. The number of carboxylic acid groups (broad SMARTS) is 2. The van der Waals surface area contributed by atoms with Crippen LogP contribution in [0.15, 0.2) is 11.7 Å². The second kappa shape index (κ2) is 16.0. The molecule has 2 rings (SSSR count). The molecule has 0 fully saturated rings. The van der Waals surface area contributed by atoms with Crippen LogP contribution in [0.4, 0.5) is 5.82 Å². The van der Waals surface area contributed by atoms with Crippen LogP contribution >= 0.6 is 24.0 Å². The molecule has 0 saturated carbocycles. The van der Waals surface area contributed by atoms with Gasteiger partial charge in [0.2, 0.25) is 5.51 Å². The summed E-state index contributed by atoms with van der Waals surface area (Å²) in [5.74, 6) is -0.654. The molecule has 0 bridgehead atoms. The van der Waals surface area contributed by atoms with Gasteiger partial charge in [0.15, 0.2) is 12.2 Å². The monoisotopic (exact) mass is 500 g/mol. The quantitative estimate of drug-likeness (QED) is 0.223. The van der Waals surface area contributed by atoms with Crippen molar-refractivity contribution in [3.05, 3.63) is 39.4 Å². The number of thiazole rings is 1. The summed E-state index contributed by atoms with van der Waals surface area (Å²) in [7, 11) is 0. The first-order valence-corrected chi connectivity index (χ1v) is 9.94. The number of nitrogen functional groups attached to an aromatic ring is 1. The number of aliphatic hydroxyl groups excluding tert-OH is 1. The molecule has 0 amide bonds. The maximum absolute atomic E-state index is 9.69. The summed E-state index contributed by atoms with van der Waals surface area (Å²) in [6.45, 7) is 5.80. The molecule has 6 N–H and O–H groups in total. The number of hydrogen-bond donors (Lipinski definition) is 5. The zero-order chi connectivity index (χ0) is 22.6. The molecule has 0 aliphatic rings. The fourth-order valence-electron chi connectivity index (χ4n) is 1.84. The fraction of sp³-hybridized carbons (Fsp3) is 0.471. The Bertz CT molecular complexity index is 803. The molecule has 0 aliphatic carbocycles. The molecule has 2 aromatic heterocycles. The molecule has 2 heterocycles. The number of nitrogens with one attached hydrogen (secondary N) is 1. The first-order valence-electron chi connectivity index (χ1n) is 8.42. The van der Waals surface area contributed by atoms with Crippen molar-refractivity contribution in [2.75, 3.05) is 18.1 Å². The molecule has 10 nitrogen and oxygen atoms in total. The number of aryl methyl sites for hydroxylation is 1. The summed E-state index contributed by atoms with van der Waals surface area (Å²) in [6, 6.07) is -1.07. The zero-order valence-electron chi connectivity index (χ0n) is 16.9. The molecular weight excluding hydrogens is 473 g/mol. The van der Waals surface area contributed by atoms with Gasteiger partial charge in [-0.1, -0.05) is 11.3 Å². The van der Waals surface area contributed by atoms with E-state index in [1.165, 1.54) is 4.88 Å². The number of aromatic nitrogens is 3. The molecule has 13 heteroatoms. The van der Waals surface area contributed by atoms with Crippen LogP contribution in [-0.2, 0) is 39.6 Å². The Morgan fingerprint density at radius 1 is 1.37 bits per heavy atom. The summed E-state index contributed by atoms with van der Waals surface area (Å²) in [6.07, 6.45) is 2.47. The van der Waals surface area contributed by atoms with Crippen LogP contribution in [0.3, 0.4) is 0 Å². The number of nitrogens with zero attached hydrogens (tertiary/aromatic N) is 3. The maximum Gasteiger partial charge on any atom is 0.300 e. The van der Waals surface area contributed by atoms with Crippen molar-refractivity contribution in [3.8, 4) is 0 Å². The van der Waals surface area contributed by atoms with Gasteiger partial charge in [0.05, 0.1) is 10.4 Å². The Kier molecular flexibility index (Phi) is 16.2. The van der Waals surface area contributed by atoms with Gasteiger partial charge in [0, 0.05) is 50.1 Å². The summed E-state index contributed by atoms with van der Waals surface area (Å²) in [5.41, 5.74) is 16.6. The van der Waals surface area contributed by atoms with Gasteiger partial charge in [0.25, 0.3) is 11.9 Å². The van der Waals surface area contributed by atoms with Crippen molar-refractivity contribution in [2.24, 2.45) is 0 Å². The number of nitrogens with two attached hydrogens (primary N) is 1. The Balaban J connectivity index is 0. The van der Waals surface area contributed by atoms with Crippen LogP contribution in [0.1, 0.15) is 28.9 Å². The second-order valence-corrected chi connectivity index (χ2v) is 7.06. The maximum atomic E-state index is 9.69. The smallest absolute Gasteiger partial charge is 0.300 e. The van der Waals surface area contributed by atoms with Gasteiger partial charge in [-0.25, -0.2) is 9.97 Å². The molecule has 169 valence electrons. The average Bonchev–Trinajstić information content (AvgIpc) is 2.97. The number of aliphatic carboxylic acids is 2. The van der Waals surface area contributed by atoms with Crippen LogP contribution in [0, 0.1) is 13.8 Å². The molecule has 0 spiro atoms. The van der Waals surface area contributed by atoms with E-state index in [-0.39, 0.29) is 29.4 Å². The number of thiol groups is 1. The van der Waals surface area contributed by atoms with Gasteiger partial charge < -0.3 is 26.8 Å². The predicted octanol–water partition coefficient (Wildman–Crippen LogP) is 1.12. The van der Waals surface area contributed by atoms with Gasteiger partial charge >= 0.3 is 0 Å². The van der Waals surface area contributed by atoms with Crippen molar-refractivity contribution in [1.29, 1.82) is 0 Å². The summed E-state index contributed by atoms with van der Waals surface area (Å²) in [4.78, 5) is 28.2. The SMILES string of the molecule is CC(=O)O.Cc1ncc(C[n+]2csc(CCO)c2C)c(N)n1.[Mn].[NH-]C(CS)C(=O)O. The topological polar surface area (TPSA) is 174 Å². The predicted molar refractivity (Wildman–Crippen MR) is 113 cm³/mol. The van der Waals surface area contributed by atoms with E-state index in [9.17, 15) is 4.79 Å². The molecule has 1 unspecified atom stereocenters. The van der Waals surface area contributed by atoms with Crippen molar-refractivity contribution >= 4 is 41.7 Å². The van der Waals surface area contributed by atoms with Crippen molar-refractivity contribution < 1.29 is 46.5 Å². The number of carbonyl (C=O) groups is 2. The van der Waals surface area contributed by atoms with Crippen molar-refractivity contribution in [3.63, 3.8) is 0 Å². The molecule has 1 radical (unpaired) electrons. The number of aliphatic hydroxyl groups is 1. The fourth-order valence-corrected chi connectivity index (χ4v) is 2.99. The van der Waals surface area contributed by atoms with Gasteiger partial charge in [-0.3, -0.25) is 9.59 Å². The van der Waals surface area contributed by atoms with Gasteiger partial charge in [-0.15, -0.1) is 0 Å². The third-order valence-corrected chi connectivity index (χ3v) is 4.84. The number of anilines is 1. The number of rotatable bonds is 6. The molecule has 0 saturated heterocycles. The minimum absolute atomic E-state index is 0. The van der Waals surface area contributed by atoms with E-state index < -0.39 is 18.0 Å². The van der Waals surface area contributed by atoms with Gasteiger partial charge in [0.1, 0.15) is 11.6 Å². The number of hydrogen-bond acceptors (Lipinski definition) is 8. The van der Waals surface area contributed by atoms with Crippen molar-refractivity contribution in [2.45, 2.75) is 39.8 Å². The second-order valence-electron chi connectivity index (χ2n) is 5.75. The first-order chi connectivity index (χ1) is 13.5. The third-order valence-electron chi connectivity index (χ3n) is 3.34. The molecule has 2 aromatic rings. The molecule has 1 atom stereocenters. The van der Waals surface area contributed by atoms with E-state index in [0.717, 1.165) is 18.2 Å². The molecule has 30 heavy (non-hydrogen) atoms. The third kappa shape index (κ3) is 12.1. The van der Waals surface area contributed by atoms with E-state index in [1.54, 1.807) is 17.5 Å². The Hall–Kier alpha value is -1.76. The van der Waals surface area contributed by atoms with E-state index >= 15 is 0 Å². The average molecular weight is 501 g/mol. The van der Waals surface area contributed by atoms with Crippen LogP contribution in [-0.4, -0.2) is 55.6 Å². The minimum atomic E-state index is -1.12. The molecular formula is C17H27MnN5O5S2. The van der Waals surface area contributed by atoms with Crippen molar-refractivity contribution in [1.82, 2.24) is 9.97 Å². The van der Waals surface area contributed by atoms with E-state index in [1.807, 2.05) is 19.4 Å². The molecule has 0 aliphatic heterocycles. The Morgan fingerprint density at radius 3 is 2.33 bits per heavy atom. The molecule has 0 aromatic carbocycles. The zero-order valence-corrected chi connectivity index (χ0v) is 19.8. The van der Waals surface area contributed by atoms with Crippen LogP contribution in [0.25, 0.3) is 5.73 Å². The van der Waals surface area contributed by atoms with Crippen LogP contribution < -0.4 is 10.3 Å². The van der Waals surface area contributed by atoms with Gasteiger partial charge in [-0.05, 0) is 18.7 Å². The van der Waals surface area contributed by atoms with E-state index in [2.05, 4.69) is 27.2 Å². The van der Waals surface area contributed by atoms with Gasteiger partial charge in [-0.2, -0.15) is 17.2 Å². The van der Waals surface area contributed by atoms with Crippen LogP contribution in [0.5, 0.6) is 0 Å². The first kappa shape index (κ1) is 30.4. The largest absolute Gasteiger partial charge is 0.665 e. The standard InChI is InChI=1S/C12H17N4OS.C3H6NO2S.C2H4O2.Mn/c1-8-11(3-4-17)18-7-16(8)6-10-5-14-9(2)15-12(10)13;4-2(1-7)3(5)6;1-2(3)4;/h5,7,17H,3-4,6H2,1-2H3,(H2,13,14,15);2,4,7H,1H2,(H,5,6);1H3,(H,3,4);/q+1;-1;;. The van der Waals surface area contributed by atoms with Crippen LogP contribution in [0.2, 0.25) is 0 Å². The minimum Gasteiger partial charge on any atom is -0.665 e. The van der Waals surface area contributed by atoms with E-state index in [4.69, 9.17) is 31.6 Å². The van der Waals surface area contributed by atoms with E-state index in [0.29, 0.717) is 24.6 Å².